The maximum Gasteiger partial charge on any atom is 0.264 e. The van der Waals surface area contributed by atoms with E-state index in [0.717, 1.165) is 0 Å². The average Bonchev–Trinajstić information content (AvgIpc) is 2.16. The Kier molecular flexibility index (Phi) is 3.84. The van der Waals surface area contributed by atoms with Gasteiger partial charge in [0.2, 0.25) is 0 Å². The lowest BCUT2D eigenvalue weighted by Crippen LogP contribution is -2.24. The zero-order chi connectivity index (χ0) is 12.3. The molecular formula is C11H13NO3S. The molecule has 0 amide bonds. The van der Waals surface area contributed by atoms with Gasteiger partial charge in [0.05, 0.1) is 5.56 Å². The fourth-order valence-electron chi connectivity index (χ4n) is 1.06. The van der Waals surface area contributed by atoms with Gasteiger partial charge in [-0.3, -0.25) is 4.79 Å². The average molecular weight is 239 g/mol. The van der Waals surface area contributed by atoms with Gasteiger partial charge in [0, 0.05) is 20.2 Å². The molecule has 1 N–H and O–H groups in total. The number of carbonyl (C=O) groups excluding carboxylic acids is 1. The maximum absolute atomic E-state index is 11.1. The molecule has 86 valence electrons. The van der Waals surface area contributed by atoms with E-state index in [-0.39, 0.29) is 22.3 Å². The van der Waals surface area contributed by atoms with Gasteiger partial charge < -0.3 is 14.7 Å². The molecule has 16 heavy (non-hydrogen) atoms. The molecule has 0 bridgehead atoms. The van der Waals surface area contributed by atoms with E-state index in [4.69, 9.17) is 17.0 Å². The van der Waals surface area contributed by atoms with E-state index in [9.17, 15) is 9.90 Å². The molecule has 4 nitrogen and oxygen atoms in total. The summed E-state index contributed by atoms with van der Waals surface area (Å²) in [5.74, 6) is 0.104. The van der Waals surface area contributed by atoms with Crippen molar-refractivity contribution >= 4 is 23.2 Å². The van der Waals surface area contributed by atoms with E-state index in [2.05, 4.69) is 0 Å². The van der Waals surface area contributed by atoms with Crippen LogP contribution in [0.25, 0.3) is 0 Å². The zero-order valence-corrected chi connectivity index (χ0v) is 10.2. The number of nitrogens with zero attached hydrogens (tertiary/aromatic N) is 1. The Labute approximate surface area is 99.4 Å². The molecule has 1 aromatic rings. The summed E-state index contributed by atoms with van der Waals surface area (Å²) in [6, 6.07) is 4.46. The fourth-order valence-corrected chi connectivity index (χ4v) is 1.16. The summed E-state index contributed by atoms with van der Waals surface area (Å²) >= 11 is 4.94. The lowest BCUT2D eigenvalue weighted by Gasteiger charge is -2.14. The Morgan fingerprint density at radius 2 is 2.06 bits per heavy atom. The number of benzene rings is 1. The maximum atomic E-state index is 11.1. The molecule has 0 unspecified atom stereocenters. The van der Waals surface area contributed by atoms with E-state index in [1.54, 1.807) is 25.1 Å². The van der Waals surface area contributed by atoms with Crippen LogP contribution in [0.1, 0.15) is 17.3 Å². The molecule has 1 aromatic carbocycles. The van der Waals surface area contributed by atoms with Crippen LogP contribution in [0.2, 0.25) is 0 Å². The summed E-state index contributed by atoms with van der Waals surface area (Å²) in [7, 11) is 3.51. The van der Waals surface area contributed by atoms with Crippen LogP contribution in [0.4, 0.5) is 0 Å². The Morgan fingerprint density at radius 1 is 1.44 bits per heavy atom. The smallest absolute Gasteiger partial charge is 0.264 e. The molecule has 0 fully saturated rings. The number of aromatic hydroxyl groups is 1. The summed E-state index contributed by atoms with van der Waals surface area (Å²) in [6.07, 6.45) is 0. The van der Waals surface area contributed by atoms with Crippen molar-refractivity contribution in [1.29, 1.82) is 0 Å². The summed E-state index contributed by atoms with van der Waals surface area (Å²) in [4.78, 5) is 12.7. The van der Waals surface area contributed by atoms with E-state index < -0.39 is 0 Å². The van der Waals surface area contributed by atoms with Gasteiger partial charge in [-0.15, -0.1) is 0 Å². The quantitative estimate of drug-likeness (QED) is 0.630. The van der Waals surface area contributed by atoms with Crippen LogP contribution in [0, 0.1) is 0 Å². The van der Waals surface area contributed by atoms with Crippen molar-refractivity contribution in [3.63, 3.8) is 0 Å². The van der Waals surface area contributed by atoms with E-state index in [1.165, 1.54) is 19.1 Å². The van der Waals surface area contributed by atoms with E-state index >= 15 is 0 Å². The predicted molar refractivity (Wildman–Crippen MR) is 65.0 cm³/mol. The van der Waals surface area contributed by atoms with Crippen molar-refractivity contribution in [3.05, 3.63) is 23.8 Å². The monoisotopic (exact) mass is 239 g/mol. The van der Waals surface area contributed by atoms with Crippen molar-refractivity contribution in [2.45, 2.75) is 6.92 Å². The molecule has 1 rings (SSSR count). The van der Waals surface area contributed by atoms with Gasteiger partial charge in [-0.05, 0) is 31.3 Å². The molecule has 0 aromatic heterocycles. The van der Waals surface area contributed by atoms with Crippen LogP contribution in [0.15, 0.2) is 18.2 Å². The highest BCUT2D eigenvalue weighted by atomic mass is 32.1. The molecule has 0 aliphatic rings. The van der Waals surface area contributed by atoms with E-state index in [0.29, 0.717) is 5.75 Å². The van der Waals surface area contributed by atoms with Crippen LogP contribution < -0.4 is 4.74 Å². The van der Waals surface area contributed by atoms with Crippen LogP contribution >= 0.6 is 12.2 Å². The Morgan fingerprint density at radius 3 is 2.50 bits per heavy atom. The molecule has 0 aliphatic heterocycles. The topological polar surface area (TPSA) is 49.8 Å². The number of ketones is 1. The molecule has 0 atom stereocenters. The molecule has 5 heteroatoms. The SMILES string of the molecule is CC(=O)c1ccc(OC(=S)N(C)C)cc1O. The number of rotatable bonds is 2. The van der Waals surface area contributed by atoms with Crippen molar-refractivity contribution in [3.8, 4) is 11.5 Å². The molecule has 0 radical (unpaired) electrons. The van der Waals surface area contributed by atoms with Gasteiger partial charge in [0.25, 0.3) is 5.17 Å². The third-order valence-electron chi connectivity index (χ3n) is 1.92. The third-order valence-corrected chi connectivity index (χ3v) is 2.37. The summed E-state index contributed by atoms with van der Waals surface area (Å²) in [5.41, 5.74) is 0.267. The van der Waals surface area contributed by atoms with E-state index in [1.807, 2.05) is 0 Å². The number of Topliss-reactive ketones (excluding diaryl/α,β-unsaturated/α-hetero) is 1. The van der Waals surface area contributed by atoms with Crippen LogP contribution in [-0.2, 0) is 0 Å². The molecule has 0 heterocycles. The predicted octanol–water partition coefficient (Wildman–Crippen LogP) is 1.82. The molecular weight excluding hydrogens is 226 g/mol. The van der Waals surface area contributed by atoms with Gasteiger partial charge in [0.1, 0.15) is 11.5 Å². The van der Waals surface area contributed by atoms with Crippen LogP contribution in [-0.4, -0.2) is 35.1 Å². The number of phenolic OH excluding ortho intramolecular Hbond substituents is 1. The standard InChI is InChI=1S/C11H13NO3S/c1-7(13)9-5-4-8(6-10(9)14)15-11(16)12(2)3/h4-6,14H,1-3H3. The Bertz CT molecular complexity index is 429. The molecule has 0 saturated carbocycles. The second kappa shape index (κ2) is 4.94. The molecule has 0 saturated heterocycles. The van der Waals surface area contributed by atoms with Crippen LogP contribution in [0.3, 0.4) is 0 Å². The second-order valence-electron chi connectivity index (χ2n) is 3.50. The zero-order valence-electron chi connectivity index (χ0n) is 9.35. The van der Waals surface area contributed by atoms with Gasteiger partial charge in [0.15, 0.2) is 5.78 Å². The normalized spacial score (nSPS) is 9.69. The van der Waals surface area contributed by atoms with Gasteiger partial charge >= 0.3 is 0 Å². The summed E-state index contributed by atoms with van der Waals surface area (Å²) in [6.45, 7) is 1.39. The first kappa shape index (κ1) is 12.4. The summed E-state index contributed by atoms with van der Waals surface area (Å²) < 4.78 is 5.28. The van der Waals surface area contributed by atoms with Crippen molar-refractivity contribution < 1.29 is 14.6 Å². The number of thiocarbonyl (C=S) groups is 1. The highest BCUT2D eigenvalue weighted by Gasteiger charge is 2.09. The van der Waals surface area contributed by atoms with Gasteiger partial charge in [-0.2, -0.15) is 0 Å². The number of ether oxygens (including phenoxy) is 1. The van der Waals surface area contributed by atoms with Crippen molar-refractivity contribution in [2.75, 3.05) is 14.1 Å². The van der Waals surface area contributed by atoms with Crippen molar-refractivity contribution in [1.82, 2.24) is 4.90 Å². The van der Waals surface area contributed by atoms with Gasteiger partial charge in [-0.1, -0.05) is 0 Å². The third kappa shape index (κ3) is 2.93. The largest absolute Gasteiger partial charge is 0.507 e. The van der Waals surface area contributed by atoms with Crippen molar-refractivity contribution in [2.24, 2.45) is 0 Å². The highest BCUT2D eigenvalue weighted by molar-refractivity contribution is 7.80. The van der Waals surface area contributed by atoms with Gasteiger partial charge in [-0.25, -0.2) is 0 Å². The first-order valence-corrected chi connectivity index (χ1v) is 5.05. The molecule has 0 spiro atoms. The summed E-state index contributed by atoms with van der Waals surface area (Å²) in [5, 5.41) is 9.84. The lowest BCUT2D eigenvalue weighted by atomic mass is 10.1. The minimum Gasteiger partial charge on any atom is -0.507 e. The Balaban J connectivity index is 2.90. The van der Waals surface area contributed by atoms with Crippen LogP contribution in [0.5, 0.6) is 11.5 Å². The number of hydrogen-bond acceptors (Lipinski definition) is 4. The number of phenols is 1. The minimum absolute atomic E-state index is 0.105. The second-order valence-corrected chi connectivity index (χ2v) is 3.85. The molecule has 0 aliphatic carbocycles. The first-order valence-electron chi connectivity index (χ1n) is 4.65. The lowest BCUT2D eigenvalue weighted by molar-refractivity contribution is 0.101. The highest BCUT2D eigenvalue weighted by Crippen LogP contribution is 2.24. The number of hydrogen-bond donors (Lipinski definition) is 1. The first-order chi connectivity index (χ1) is 7.41. The Hall–Kier alpha value is -1.62. The fraction of sp³-hybridized carbons (Fsp3) is 0.273. The number of carbonyl (C=O) groups is 1. The minimum atomic E-state index is -0.195.